The zero-order chi connectivity index (χ0) is 20.8. The second kappa shape index (κ2) is 7.81. The number of hydrogen-bond donors (Lipinski definition) is 0. The molecular weight excluding hydrogens is 396 g/mol. The Morgan fingerprint density at radius 3 is 2.83 bits per heavy atom. The van der Waals surface area contributed by atoms with E-state index in [0.717, 1.165) is 49.7 Å². The smallest absolute Gasteiger partial charge is 0.167 e. The summed E-state index contributed by atoms with van der Waals surface area (Å²) < 4.78 is 19.1. The molecule has 0 unspecified atom stereocenters. The Labute approximate surface area is 183 Å². The molecule has 6 heteroatoms. The predicted molar refractivity (Wildman–Crippen MR) is 118 cm³/mol. The second-order valence-electron chi connectivity index (χ2n) is 9.61. The lowest BCUT2D eigenvalue weighted by atomic mass is 9.64. The van der Waals surface area contributed by atoms with Crippen LogP contribution in [0.5, 0.6) is 11.5 Å². The van der Waals surface area contributed by atoms with E-state index < -0.39 is 0 Å². The number of piperidine rings is 1. The molecule has 0 amide bonds. The molecule has 5 rings (SSSR count). The van der Waals surface area contributed by atoms with Gasteiger partial charge >= 0.3 is 0 Å². The zero-order valence-electron chi connectivity index (χ0n) is 18.2. The average Bonchev–Trinajstić information content (AvgIpc) is 3.24. The van der Waals surface area contributed by atoms with E-state index in [1.165, 1.54) is 18.5 Å². The maximum Gasteiger partial charge on any atom is 0.167 e. The van der Waals surface area contributed by atoms with Crippen LogP contribution in [0.1, 0.15) is 57.4 Å². The van der Waals surface area contributed by atoms with Gasteiger partial charge in [-0.25, -0.2) is 4.98 Å². The minimum Gasteiger partial charge on any atom is -0.490 e. The average molecular weight is 429 g/mol. The van der Waals surface area contributed by atoms with Crippen molar-refractivity contribution in [2.45, 2.75) is 58.3 Å². The molecule has 0 aliphatic carbocycles. The van der Waals surface area contributed by atoms with Gasteiger partial charge in [0.15, 0.2) is 11.5 Å². The van der Waals surface area contributed by atoms with Crippen LogP contribution >= 0.6 is 11.3 Å². The second-order valence-corrected chi connectivity index (χ2v) is 10.3. The van der Waals surface area contributed by atoms with Crippen molar-refractivity contribution < 1.29 is 14.2 Å². The van der Waals surface area contributed by atoms with Crippen LogP contribution in [-0.4, -0.2) is 41.8 Å². The van der Waals surface area contributed by atoms with Crippen LogP contribution in [0, 0.1) is 11.3 Å². The molecule has 162 valence electrons. The maximum atomic E-state index is 6.65. The van der Waals surface area contributed by atoms with Crippen molar-refractivity contribution in [2.75, 3.05) is 26.3 Å². The van der Waals surface area contributed by atoms with E-state index in [2.05, 4.69) is 41.2 Å². The first-order chi connectivity index (χ1) is 14.5. The van der Waals surface area contributed by atoms with E-state index >= 15 is 0 Å². The summed E-state index contributed by atoms with van der Waals surface area (Å²) in [6.45, 7) is 11.1. The molecule has 0 N–H and O–H groups in total. The molecule has 4 heterocycles. The molecule has 1 aromatic heterocycles. The van der Waals surface area contributed by atoms with Crippen LogP contribution in [0.25, 0.3) is 0 Å². The van der Waals surface area contributed by atoms with Gasteiger partial charge in [-0.05, 0) is 64.6 Å². The van der Waals surface area contributed by atoms with E-state index in [4.69, 9.17) is 14.2 Å². The molecule has 1 spiro atoms. The normalized spacial score (nSPS) is 27.2. The summed E-state index contributed by atoms with van der Waals surface area (Å²) >= 11 is 1.68. The summed E-state index contributed by atoms with van der Waals surface area (Å²) in [6.07, 6.45) is 3.61. The largest absolute Gasteiger partial charge is 0.490 e. The highest BCUT2D eigenvalue weighted by Gasteiger charge is 2.53. The van der Waals surface area contributed by atoms with Gasteiger partial charge in [0.05, 0.1) is 30.5 Å². The van der Waals surface area contributed by atoms with Crippen molar-refractivity contribution in [2.24, 2.45) is 11.3 Å². The minimum absolute atomic E-state index is 0.0859. The number of benzene rings is 1. The number of fused-ring (bicyclic) bond motifs is 3. The van der Waals surface area contributed by atoms with Crippen LogP contribution < -0.4 is 9.47 Å². The summed E-state index contributed by atoms with van der Waals surface area (Å²) in [5, 5.41) is 2.16. The Balaban J connectivity index is 1.33. The Bertz CT molecular complexity index is 875. The highest BCUT2D eigenvalue weighted by molar-refractivity contribution is 7.07. The first-order valence-electron chi connectivity index (χ1n) is 11.2. The lowest BCUT2D eigenvalue weighted by molar-refractivity contribution is -0.175. The highest BCUT2D eigenvalue weighted by Crippen LogP contribution is 2.57. The highest BCUT2D eigenvalue weighted by atomic mass is 32.1. The fraction of sp³-hybridized carbons (Fsp3) is 0.625. The van der Waals surface area contributed by atoms with E-state index in [9.17, 15) is 0 Å². The van der Waals surface area contributed by atoms with Crippen LogP contribution in [0.2, 0.25) is 0 Å². The lowest BCUT2D eigenvalue weighted by Crippen LogP contribution is -2.54. The summed E-state index contributed by atoms with van der Waals surface area (Å²) in [5.74, 6) is 2.06. The number of hydrogen-bond acceptors (Lipinski definition) is 6. The van der Waals surface area contributed by atoms with Gasteiger partial charge in [-0.15, -0.1) is 11.3 Å². The molecular formula is C24H32N2O3S. The first-order valence-corrected chi connectivity index (χ1v) is 12.1. The molecule has 2 saturated heterocycles. The van der Waals surface area contributed by atoms with Gasteiger partial charge in [0.25, 0.3) is 0 Å². The Morgan fingerprint density at radius 2 is 2.10 bits per heavy atom. The molecule has 30 heavy (non-hydrogen) atoms. The summed E-state index contributed by atoms with van der Waals surface area (Å²) in [5.41, 5.74) is 4.25. The maximum absolute atomic E-state index is 6.65. The number of aromatic nitrogens is 1. The molecule has 0 radical (unpaired) electrons. The number of likely N-dealkylation sites (tertiary alicyclic amines) is 1. The van der Waals surface area contributed by atoms with Gasteiger partial charge < -0.3 is 14.2 Å². The van der Waals surface area contributed by atoms with Gasteiger partial charge in [0.2, 0.25) is 0 Å². The van der Waals surface area contributed by atoms with Crippen molar-refractivity contribution >= 4 is 11.3 Å². The molecule has 2 aromatic rings. The van der Waals surface area contributed by atoms with Gasteiger partial charge in [0, 0.05) is 23.4 Å². The van der Waals surface area contributed by atoms with E-state index in [1.54, 1.807) is 11.3 Å². The number of nitrogens with zero attached hydrogens (tertiary/aromatic N) is 2. The molecule has 2 atom stereocenters. The standard InChI is InChI=1S/C24H32N2O3S/c1-4-27-20-7-5-6-18-21-19(23(2,3)29-22(18)20)12-24(15-28-21)8-10-26(11-9-24)13-17-14-30-16-25-17/h5-7,14,16,19,21H,4,8-13,15H2,1-3H3/t19-,21+/m0/s1. The van der Waals surface area contributed by atoms with Crippen LogP contribution in [0.4, 0.5) is 0 Å². The van der Waals surface area contributed by atoms with E-state index in [0.29, 0.717) is 12.5 Å². The molecule has 0 saturated carbocycles. The monoisotopic (exact) mass is 428 g/mol. The lowest BCUT2D eigenvalue weighted by Gasteiger charge is -2.54. The summed E-state index contributed by atoms with van der Waals surface area (Å²) in [7, 11) is 0. The molecule has 1 aromatic carbocycles. The number of para-hydroxylation sites is 1. The van der Waals surface area contributed by atoms with Crippen molar-refractivity contribution in [1.29, 1.82) is 0 Å². The zero-order valence-corrected chi connectivity index (χ0v) is 19.0. The Kier molecular flexibility index (Phi) is 5.28. The molecule has 3 aliphatic rings. The van der Waals surface area contributed by atoms with Crippen LogP contribution in [0.15, 0.2) is 29.1 Å². The van der Waals surface area contributed by atoms with Gasteiger partial charge in [-0.3, -0.25) is 4.90 Å². The number of ether oxygens (including phenoxy) is 3. The molecule has 0 bridgehead atoms. The molecule has 5 nitrogen and oxygen atoms in total. The fourth-order valence-corrected chi connectivity index (χ4v) is 6.03. The van der Waals surface area contributed by atoms with Crippen molar-refractivity contribution in [3.63, 3.8) is 0 Å². The fourth-order valence-electron chi connectivity index (χ4n) is 5.48. The third kappa shape index (κ3) is 3.63. The quantitative estimate of drug-likeness (QED) is 0.680. The molecule has 3 aliphatic heterocycles. The van der Waals surface area contributed by atoms with Crippen LogP contribution in [-0.2, 0) is 11.3 Å². The van der Waals surface area contributed by atoms with Gasteiger partial charge in [-0.1, -0.05) is 12.1 Å². The predicted octanol–water partition coefficient (Wildman–Crippen LogP) is 5.07. The first kappa shape index (κ1) is 20.3. The van der Waals surface area contributed by atoms with Crippen molar-refractivity contribution in [1.82, 2.24) is 9.88 Å². The number of thiazole rings is 1. The van der Waals surface area contributed by atoms with E-state index in [1.807, 2.05) is 18.5 Å². The Morgan fingerprint density at radius 1 is 1.27 bits per heavy atom. The van der Waals surface area contributed by atoms with Crippen molar-refractivity contribution in [3.8, 4) is 11.5 Å². The number of rotatable bonds is 4. The summed E-state index contributed by atoms with van der Waals surface area (Å²) in [4.78, 5) is 6.99. The Hall–Kier alpha value is -1.63. The van der Waals surface area contributed by atoms with E-state index in [-0.39, 0.29) is 17.1 Å². The van der Waals surface area contributed by atoms with Crippen molar-refractivity contribution in [3.05, 3.63) is 40.3 Å². The van der Waals surface area contributed by atoms with Gasteiger partial charge in [0.1, 0.15) is 5.60 Å². The summed E-state index contributed by atoms with van der Waals surface area (Å²) in [6, 6.07) is 6.22. The third-order valence-corrected chi connectivity index (χ3v) is 7.88. The van der Waals surface area contributed by atoms with Gasteiger partial charge in [-0.2, -0.15) is 0 Å². The topological polar surface area (TPSA) is 43.8 Å². The third-order valence-electron chi connectivity index (χ3n) is 7.25. The SMILES string of the molecule is CCOc1cccc2c1OC(C)(C)[C@H]1CC3(CCN(Cc4cscn4)CC3)CO[C@H]21. The molecule has 2 fully saturated rings. The minimum atomic E-state index is -0.282. The van der Waals surface area contributed by atoms with Crippen LogP contribution in [0.3, 0.4) is 0 Å².